The Bertz CT molecular complexity index is 476. The van der Waals surface area contributed by atoms with E-state index < -0.39 is 0 Å². The van der Waals surface area contributed by atoms with Crippen LogP contribution in [0, 0.1) is 28.6 Å². The minimum atomic E-state index is -0.257. The average molecular weight is 256 g/mol. The van der Waals surface area contributed by atoms with Gasteiger partial charge in [-0.1, -0.05) is 0 Å². The van der Waals surface area contributed by atoms with Crippen molar-refractivity contribution in [1.29, 1.82) is 10.5 Å². The van der Waals surface area contributed by atoms with E-state index in [9.17, 15) is 4.79 Å². The second kappa shape index (κ2) is 7.89. The number of hydrogen-bond donors (Lipinski definition) is 0. The molecule has 19 heavy (non-hydrogen) atoms. The zero-order valence-corrected chi connectivity index (χ0v) is 10.9. The molecule has 0 amide bonds. The van der Waals surface area contributed by atoms with E-state index in [-0.39, 0.29) is 11.7 Å². The van der Waals surface area contributed by atoms with Crippen LogP contribution in [0.5, 0.6) is 5.75 Å². The lowest BCUT2D eigenvalue weighted by Gasteiger charge is -2.13. The minimum absolute atomic E-state index is 0.00634. The van der Waals surface area contributed by atoms with Crippen molar-refractivity contribution >= 4 is 5.78 Å². The second-order valence-corrected chi connectivity index (χ2v) is 4.18. The average Bonchev–Trinajstić information content (AvgIpc) is 2.47. The molecule has 1 aromatic rings. The summed E-state index contributed by atoms with van der Waals surface area (Å²) >= 11 is 0. The first-order valence-corrected chi connectivity index (χ1v) is 6.15. The third-order valence-electron chi connectivity index (χ3n) is 2.95. The van der Waals surface area contributed by atoms with Crippen LogP contribution in [0.15, 0.2) is 24.3 Å². The molecule has 0 radical (unpaired) electrons. The van der Waals surface area contributed by atoms with Crippen molar-refractivity contribution in [3.63, 3.8) is 0 Å². The lowest BCUT2D eigenvalue weighted by Crippen LogP contribution is -2.14. The van der Waals surface area contributed by atoms with Crippen LogP contribution in [0.4, 0.5) is 0 Å². The van der Waals surface area contributed by atoms with Crippen molar-refractivity contribution < 1.29 is 9.53 Å². The van der Waals surface area contributed by atoms with Gasteiger partial charge in [0.1, 0.15) is 5.75 Å². The summed E-state index contributed by atoms with van der Waals surface area (Å²) in [6.07, 6.45) is 1.67. The van der Waals surface area contributed by atoms with Crippen LogP contribution in [-0.2, 0) is 0 Å². The molecule has 4 nitrogen and oxygen atoms in total. The number of ether oxygens (including phenoxy) is 1. The summed E-state index contributed by atoms with van der Waals surface area (Å²) in [4.78, 5) is 12.3. The van der Waals surface area contributed by atoms with Gasteiger partial charge in [0, 0.05) is 24.3 Å². The highest BCUT2D eigenvalue weighted by molar-refractivity contribution is 5.97. The summed E-state index contributed by atoms with van der Waals surface area (Å²) in [6.45, 7) is 0. The second-order valence-electron chi connectivity index (χ2n) is 4.18. The Kier molecular flexibility index (Phi) is 6.12. The summed E-state index contributed by atoms with van der Waals surface area (Å²) < 4.78 is 5.04. The fraction of sp³-hybridized carbons (Fsp3) is 0.400. The first-order chi connectivity index (χ1) is 9.22. The van der Waals surface area contributed by atoms with Crippen molar-refractivity contribution in [2.75, 3.05) is 7.11 Å². The molecule has 0 aliphatic heterocycles. The molecule has 0 spiro atoms. The maximum Gasteiger partial charge on any atom is 0.166 e. The van der Waals surface area contributed by atoms with Crippen molar-refractivity contribution in [2.24, 2.45) is 5.92 Å². The van der Waals surface area contributed by atoms with Gasteiger partial charge < -0.3 is 4.74 Å². The van der Waals surface area contributed by atoms with Crippen LogP contribution in [0.2, 0.25) is 0 Å². The third kappa shape index (κ3) is 4.44. The molecule has 0 saturated heterocycles. The van der Waals surface area contributed by atoms with Gasteiger partial charge in [-0.25, -0.2) is 0 Å². The number of methoxy groups -OCH3 is 1. The first-order valence-electron chi connectivity index (χ1n) is 6.15. The number of ketones is 1. The fourth-order valence-electron chi connectivity index (χ4n) is 1.88. The fourth-order valence-corrected chi connectivity index (χ4v) is 1.88. The molecular weight excluding hydrogens is 240 g/mol. The summed E-state index contributed by atoms with van der Waals surface area (Å²) in [5, 5.41) is 17.2. The van der Waals surface area contributed by atoms with Gasteiger partial charge in [0.15, 0.2) is 5.78 Å². The van der Waals surface area contributed by atoms with Crippen LogP contribution >= 0.6 is 0 Å². The van der Waals surface area contributed by atoms with E-state index in [0.29, 0.717) is 37.0 Å². The number of hydrogen-bond acceptors (Lipinski definition) is 4. The summed E-state index contributed by atoms with van der Waals surface area (Å²) in [7, 11) is 1.57. The molecule has 98 valence electrons. The minimum Gasteiger partial charge on any atom is -0.497 e. The molecule has 0 aliphatic carbocycles. The number of nitrogens with zero attached hydrogens (tertiary/aromatic N) is 2. The Morgan fingerprint density at radius 3 is 2.11 bits per heavy atom. The number of rotatable bonds is 7. The Labute approximate surface area is 113 Å². The normalized spacial score (nSPS) is 9.68. The Hall–Kier alpha value is -2.33. The molecule has 0 unspecified atom stereocenters. The zero-order chi connectivity index (χ0) is 14.1. The number of nitriles is 2. The van der Waals surface area contributed by atoms with Crippen molar-refractivity contribution in [1.82, 2.24) is 0 Å². The molecule has 0 aliphatic rings. The maximum absolute atomic E-state index is 12.3. The van der Waals surface area contributed by atoms with Gasteiger partial charge in [-0.2, -0.15) is 10.5 Å². The Morgan fingerprint density at radius 1 is 1.16 bits per heavy atom. The molecule has 0 aromatic heterocycles. The summed E-state index contributed by atoms with van der Waals surface area (Å²) in [6, 6.07) is 11.0. The van der Waals surface area contributed by atoms with Gasteiger partial charge in [0.25, 0.3) is 0 Å². The van der Waals surface area contributed by atoms with E-state index in [1.807, 2.05) is 12.1 Å². The summed E-state index contributed by atoms with van der Waals surface area (Å²) in [5.41, 5.74) is 0.599. The maximum atomic E-state index is 12.3. The summed E-state index contributed by atoms with van der Waals surface area (Å²) in [5.74, 6) is 0.433. The molecular formula is C15H16N2O2. The first kappa shape index (κ1) is 14.7. The lowest BCUT2D eigenvalue weighted by atomic mass is 9.89. The van der Waals surface area contributed by atoms with Gasteiger partial charge in [-0.3, -0.25) is 4.79 Å². The van der Waals surface area contributed by atoms with Crippen molar-refractivity contribution in [2.45, 2.75) is 25.7 Å². The van der Waals surface area contributed by atoms with Gasteiger partial charge >= 0.3 is 0 Å². The number of Topliss-reactive ketones (excluding diaryl/α,β-unsaturated/α-hetero) is 1. The van der Waals surface area contributed by atoms with Crippen LogP contribution in [0.1, 0.15) is 36.0 Å². The number of carbonyl (C=O) groups is 1. The standard InChI is InChI=1S/C15H16N2O2/c1-19-14-8-6-13(7-9-14)15(18)12(4-2-10-16)5-3-11-17/h6-9,12H,2-5H2,1H3. The Morgan fingerprint density at radius 2 is 1.68 bits per heavy atom. The zero-order valence-electron chi connectivity index (χ0n) is 10.9. The molecule has 1 rings (SSSR count). The van der Waals surface area contributed by atoms with Gasteiger partial charge in [0.2, 0.25) is 0 Å². The van der Waals surface area contributed by atoms with Gasteiger partial charge in [-0.15, -0.1) is 0 Å². The highest BCUT2D eigenvalue weighted by Gasteiger charge is 2.19. The predicted molar refractivity (Wildman–Crippen MR) is 70.5 cm³/mol. The molecule has 0 atom stereocenters. The van der Waals surface area contributed by atoms with Crippen molar-refractivity contribution in [3.8, 4) is 17.9 Å². The SMILES string of the molecule is COc1ccc(C(=O)C(CCC#N)CCC#N)cc1. The largest absolute Gasteiger partial charge is 0.497 e. The van der Waals surface area contributed by atoms with Crippen LogP contribution < -0.4 is 4.74 Å². The third-order valence-corrected chi connectivity index (χ3v) is 2.95. The quantitative estimate of drug-likeness (QED) is 0.702. The molecule has 1 aromatic carbocycles. The molecule has 0 fully saturated rings. The van der Waals surface area contributed by atoms with Crippen LogP contribution in [0.25, 0.3) is 0 Å². The number of benzene rings is 1. The van der Waals surface area contributed by atoms with E-state index in [4.69, 9.17) is 15.3 Å². The van der Waals surface area contributed by atoms with Crippen LogP contribution in [0.3, 0.4) is 0 Å². The van der Waals surface area contributed by atoms with Crippen LogP contribution in [-0.4, -0.2) is 12.9 Å². The molecule has 0 N–H and O–H groups in total. The van der Waals surface area contributed by atoms with E-state index in [1.165, 1.54) is 0 Å². The van der Waals surface area contributed by atoms with E-state index in [2.05, 4.69) is 0 Å². The lowest BCUT2D eigenvalue weighted by molar-refractivity contribution is 0.0908. The molecule has 0 saturated carbocycles. The monoisotopic (exact) mass is 256 g/mol. The predicted octanol–water partition coefficient (Wildman–Crippen LogP) is 3.10. The Balaban J connectivity index is 2.79. The van der Waals surface area contributed by atoms with Gasteiger partial charge in [-0.05, 0) is 37.1 Å². The van der Waals surface area contributed by atoms with E-state index in [1.54, 1.807) is 31.4 Å². The molecule has 0 bridgehead atoms. The van der Waals surface area contributed by atoms with E-state index in [0.717, 1.165) is 0 Å². The molecule has 4 heteroatoms. The topological polar surface area (TPSA) is 73.9 Å². The number of carbonyl (C=O) groups excluding carboxylic acids is 1. The highest BCUT2D eigenvalue weighted by Crippen LogP contribution is 2.21. The van der Waals surface area contributed by atoms with E-state index >= 15 is 0 Å². The molecule has 0 heterocycles. The van der Waals surface area contributed by atoms with Crippen molar-refractivity contribution in [3.05, 3.63) is 29.8 Å². The smallest absolute Gasteiger partial charge is 0.166 e. The van der Waals surface area contributed by atoms with Gasteiger partial charge in [0.05, 0.1) is 19.2 Å². The highest BCUT2D eigenvalue weighted by atomic mass is 16.5.